The molecule has 23 heavy (non-hydrogen) atoms. The number of hydrogen-bond acceptors (Lipinski definition) is 0. The first-order valence-electron chi connectivity index (χ1n) is 9.13. The lowest BCUT2D eigenvalue weighted by atomic mass is 10.0. The van der Waals surface area contributed by atoms with Crippen LogP contribution in [0.4, 0.5) is 13.2 Å². The number of halogens is 3. The summed E-state index contributed by atoms with van der Waals surface area (Å²) in [6.45, 7) is 25.2. The molecule has 146 valence electrons. The normalized spacial score (nSPS) is 11.0. The summed E-state index contributed by atoms with van der Waals surface area (Å²) < 4.78 is 33.9. The molecule has 0 amide bonds. The van der Waals surface area contributed by atoms with Crippen molar-refractivity contribution in [3.8, 4) is 0 Å². The Labute approximate surface area is 145 Å². The smallest absolute Gasteiger partial charge is 0.171 e. The van der Waals surface area contributed by atoms with Gasteiger partial charge in [0.2, 0.25) is 0 Å². The Balaban J connectivity index is -0.000000108. The molecule has 0 unspecified atom stereocenters. The van der Waals surface area contributed by atoms with Gasteiger partial charge in [-0.1, -0.05) is 89.5 Å². The van der Waals surface area contributed by atoms with Crippen LogP contribution < -0.4 is 0 Å². The van der Waals surface area contributed by atoms with Crippen molar-refractivity contribution in [1.82, 2.24) is 0 Å². The Morgan fingerprint density at radius 3 is 0.826 bits per heavy atom. The second-order valence-electron chi connectivity index (χ2n) is 8.24. The van der Waals surface area contributed by atoms with Crippen LogP contribution in [-0.2, 0) is 0 Å². The van der Waals surface area contributed by atoms with Crippen LogP contribution in [0.3, 0.4) is 0 Å². The highest BCUT2D eigenvalue weighted by Crippen LogP contribution is 2.23. The van der Waals surface area contributed by atoms with Gasteiger partial charge in [-0.2, -0.15) is 13.2 Å². The highest BCUT2D eigenvalue weighted by molar-refractivity contribution is 4.52. The van der Waals surface area contributed by atoms with Crippen molar-refractivity contribution in [1.29, 1.82) is 0 Å². The van der Waals surface area contributed by atoms with Crippen LogP contribution in [0.1, 0.15) is 95.9 Å². The topological polar surface area (TPSA) is 0 Å². The fourth-order valence-electron chi connectivity index (χ4n) is 0.463. The van der Waals surface area contributed by atoms with Crippen molar-refractivity contribution in [2.75, 3.05) is 0 Å². The summed E-state index contributed by atoms with van der Waals surface area (Å²) in [5.41, 5.74) is 0. The zero-order chi connectivity index (χ0) is 19.8. The van der Waals surface area contributed by atoms with Crippen molar-refractivity contribution in [3.63, 3.8) is 0 Å². The Kier molecular flexibility index (Phi) is 24.2. The minimum absolute atomic E-state index is 0.282. The van der Waals surface area contributed by atoms with Crippen LogP contribution in [0.5, 0.6) is 0 Å². The maximum Gasteiger partial charge on any atom is 0.389 e. The molecule has 0 aliphatic heterocycles. The summed E-state index contributed by atoms with van der Waals surface area (Å²) in [6.07, 6.45) is -3.35. The van der Waals surface area contributed by atoms with Gasteiger partial charge >= 0.3 is 6.18 Å². The first kappa shape index (κ1) is 30.6. The summed E-state index contributed by atoms with van der Waals surface area (Å²) in [4.78, 5) is 0. The van der Waals surface area contributed by atoms with Gasteiger partial charge in [0.05, 0.1) is 0 Å². The van der Waals surface area contributed by atoms with Crippen LogP contribution in [-0.4, -0.2) is 6.18 Å². The van der Waals surface area contributed by atoms with Crippen LogP contribution in [0.15, 0.2) is 0 Å². The summed E-state index contributed by atoms with van der Waals surface area (Å²) in [5, 5.41) is 0. The average molecular weight is 343 g/mol. The molecular weight excluding hydrogens is 297 g/mol. The van der Waals surface area contributed by atoms with E-state index in [0.717, 1.165) is 23.7 Å². The average Bonchev–Trinajstić information content (AvgIpc) is 2.25. The van der Waals surface area contributed by atoms with E-state index in [9.17, 15) is 13.2 Å². The summed E-state index contributed by atoms with van der Waals surface area (Å²) in [6, 6.07) is 0. The minimum Gasteiger partial charge on any atom is -0.171 e. The van der Waals surface area contributed by atoms with Gasteiger partial charge < -0.3 is 0 Å². The molecule has 0 bridgehead atoms. The van der Waals surface area contributed by atoms with Crippen molar-refractivity contribution >= 4 is 0 Å². The minimum atomic E-state index is -3.98. The molecule has 0 rings (SSSR count). The quantitative estimate of drug-likeness (QED) is 0.481. The van der Waals surface area contributed by atoms with Gasteiger partial charge in [-0.3, -0.25) is 0 Å². The Morgan fingerprint density at radius 2 is 0.826 bits per heavy atom. The fourth-order valence-corrected chi connectivity index (χ4v) is 0.463. The third-order valence-corrected chi connectivity index (χ3v) is 2.79. The molecule has 0 atom stereocenters. The van der Waals surface area contributed by atoms with Crippen molar-refractivity contribution < 1.29 is 13.2 Å². The molecular formula is C20H45F3. The molecule has 0 aromatic carbocycles. The number of rotatable bonds is 3. The zero-order valence-corrected chi connectivity index (χ0v) is 17.9. The fraction of sp³-hybridized carbons (Fsp3) is 1.00. The predicted octanol–water partition coefficient (Wildman–Crippen LogP) is 8.61. The van der Waals surface area contributed by atoms with E-state index in [1.807, 2.05) is 0 Å². The summed E-state index contributed by atoms with van der Waals surface area (Å²) in [5.74, 6) is 3.14. The van der Waals surface area contributed by atoms with E-state index in [0.29, 0.717) is 0 Å². The summed E-state index contributed by atoms with van der Waals surface area (Å²) >= 11 is 0. The summed E-state index contributed by atoms with van der Waals surface area (Å²) in [7, 11) is 0. The monoisotopic (exact) mass is 342 g/mol. The van der Waals surface area contributed by atoms with Crippen molar-refractivity contribution in [2.24, 2.45) is 29.6 Å². The Bertz CT molecular complexity index is 193. The van der Waals surface area contributed by atoms with Crippen LogP contribution in [0.2, 0.25) is 0 Å². The Morgan fingerprint density at radius 1 is 0.609 bits per heavy atom. The van der Waals surface area contributed by atoms with Gasteiger partial charge in [0.1, 0.15) is 0 Å². The van der Waals surface area contributed by atoms with Gasteiger partial charge in [-0.15, -0.1) is 0 Å². The predicted molar refractivity (Wildman–Crippen MR) is 101 cm³/mol. The highest BCUT2D eigenvalue weighted by atomic mass is 19.4. The van der Waals surface area contributed by atoms with Crippen LogP contribution in [0, 0.1) is 29.6 Å². The molecule has 0 fully saturated rings. The largest absolute Gasteiger partial charge is 0.389 e. The molecule has 0 radical (unpaired) electrons. The Hall–Kier alpha value is -0.210. The SMILES string of the molecule is CC(C)C.CC(C)C(C)C.CC(C)CC(F)(F)F.CCC(C)C. The molecule has 0 heterocycles. The van der Waals surface area contributed by atoms with E-state index in [4.69, 9.17) is 0 Å². The van der Waals surface area contributed by atoms with Crippen molar-refractivity contribution in [2.45, 2.75) is 102 Å². The highest BCUT2D eigenvalue weighted by Gasteiger charge is 2.27. The molecule has 0 aliphatic rings. The molecule has 0 nitrogen and oxygen atoms in total. The molecule has 0 aromatic heterocycles. The standard InChI is InChI=1S/C6H14.C5H9F3.C5H12.C4H10/c1-5(2)6(3)4;1-4(2)3-5(6,7)8;1-4-5(2)3;1-4(2)3/h5-6H,1-4H3;4H,3H2,1-2H3;5H,4H2,1-3H3;4H,1-3H3. The van der Waals surface area contributed by atoms with Crippen LogP contribution in [0.25, 0.3) is 0 Å². The van der Waals surface area contributed by atoms with Gasteiger partial charge in [0, 0.05) is 6.42 Å². The van der Waals surface area contributed by atoms with E-state index in [1.165, 1.54) is 6.42 Å². The molecule has 0 aromatic rings. The second kappa shape index (κ2) is 18.1. The van der Waals surface area contributed by atoms with E-state index < -0.39 is 12.6 Å². The third-order valence-electron chi connectivity index (χ3n) is 2.79. The molecule has 0 N–H and O–H groups in total. The number of hydrogen-bond donors (Lipinski definition) is 0. The molecule has 0 saturated carbocycles. The van der Waals surface area contributed by atoms with E-state index in [2.05, 4.69) is 69.2 Å². The first-order valence-corrected chi connectivity index (χ1v) is 9.13. The van der Waals surface area contributed by atoms with Crippen molar-refractivity contribution in [3.05, 3.63) is 0 Å². The van der Waals surface area contributed by atoms with E-state index in [1.54, 1.807) is 13.8 Å². The third kappa shape index (κ3) is 73.3. The molecule has 0 spiro atoms. The van der Waals surface area contributed by atoms with Crippen LogP contribution >= 0.6 is 0 Å². The second-order valence-corrected chi connectivity index (χ2v) is 8.24. The lowest BCUT2D eigenvalue weighted by Gasteiger charge is -2.07. The zero-order valence-electron chi connectivity index (χ0n) is 17.9. The van der Waals surface area contributed by atoms with Gasteiger partial charge in [-0.05, 0) is 29.6 Å². The lowest BCUT2D eigenvalue weighted by Crippen LogP contribution is -2.10. The number of alkyl halides is 3. The maximum atomic E-state index is 11.3. The van der Waals surface area contributed by atoms with E-state index >= 15 is 0 Å². The van der Waals surface area contributed by atoms with Gasteiger partial charge in [0.25, 0.3) is 0 Å². The molecule has 3 heteroatoms. The first-order chi connectivity index (χ1) is 10.1. The van der Waals surface area contributed by atoms with Gasteiger partial charge in [0.15, 0.2) is 0 Å². The van der Waals surface area contributed by atoms with Gasteiger partial charge in [-0.25, -0.2) is 0 Å². The lowest BCUT2D eigenvalue weighted by molar-refractivity contribution is -0.141. The maximum absolute atomic E-state index is 11.3. The molecule has 0 aliphatic carbocycles. The molecule has 0 saturated heterocycles. The van der Waals surface area contributed by atoms with E-state index in [-0.39, 0.29) is 5.92 Å².